The van der Waals surface area contributed by atoms with E-state index in [0.717, 1.165) is 0 Å². The van der Waals surface area contributed by atoms with E-state index in [1.165, 1.54) is 0 Å². The van der Waals surface area contributed by atoms with Crippen molar-refractivity contribution < 1.29 is 18.9 Å². The number of hydrogen-bond donors (Lipinski definition) is 0. The maximum atomic E-state index is 5.22. The summed E-state index contributed by atoms with van der Waals surface area (Å²) < 4.78 is 20.4. The van der Waals surface area contributed by atoms with Crippen molar-refractivity contribution in [2.24, 2.45) is 0 Å². The average Bonchev–Trinajstić information content (AvgIpc) is 2.28. The highest BCUT2D eigenvalue weighted by molar-refractivity contribution is 5.02. The third-order valence-electron chi connectivity index (χ3n) is 1.38. The maximum absolute atomic E-state index is 5.22. The lowest BCUT2D eigenvalue weighted by Gasteiger charge is -2.09. The van der Waals surface area contributed by atoms with Crippen LogP contribution >= 0.6 is 0 Å². The number of terminal acetylenes is 1. The van der Waals surface area contributed by atoms with Crippen molar-refractivity contribution in [3.63, 3.8) is 0 Å². The van der Waals surface area contributed by atoms with Gasteiger partial charge in [-0.1, -0.05) is 11.8 Å². The molecule has 0 spiro atoms. The Hall–Kier alpha value is -1.04. The Kier molecular flexibility index (Phi) is 11.2. The lowest BCUT2D eigenvalue weighted by molar-refractivity contribution is -0.0972. The summed E-state index contributed by atoms with van der Waals surface area (Å²) >= 11 is 0. The third kappa shape index (κ3) is 9.51. The van der Waals surface area contributed by atoms with Gasteiger partial charge in [-0.3, -0.25) is 0 Å². The number of hydrogen-bond acceptors (Lipinski definition) is 4. The second kappa shape index (κ2) is 12.0. The van der Waals surface area contributed by atoms with Crippen molar-refractivity contribution in [3.05, 3.63) is 0 Å². The average molecular weight is 226 g/mol. The molecule has 0 saturated carbocycles. The summed E-state index contributed by atoms with van der Waals surface area (Å²) in [5.41, 5.74) is 0. The first-order chi connectivity index (χ1) is 7.85. The molecule has 0 aromatic carbocycles. The fourth-order valence-corrected chi connectivity index (χ4v) is 0.811. The van der Waals surface area contributed by atoms with Gasteiger partial charge in [0.05, 0.1) is 0 Å². The topological polar surface area (TPSA) is 36.9 Å². The van der Waals surface area contributed by atoms with Gasteiger partial charge in [0.25, 0.3) is 0 Å². The molecule has 0 fully saturated rings. The fourth-order valence-electron chi connectivity index (χ4n) is 0.811. The van der Waals surface area contributed by atoms with Gasteiger partial charge in [-0.2, -0.15) is 0 Å². The molecule has 4 nitrogen and oxygen atoms in total. The van der Waals surface area contributed by atoms with Crippen LogP contribution in [-0.4, -0.2) is 39.5 Å². The first-order valence-electron chi connectivity index (χ1n) is 5.15. The van der Waals surface area contributed by atoms with E-state index in [4.69, 9.17) is 25.4 Å². The molecule has 90 valence electrons. The maximum Gasteiger partial charge on any atom is 0.222 e. The Morgan fingerprint density at radius 1 is 1.06 bits per heavy atom. The molecule has 0 atom stereocenters. The SMILES string of the molecule is C#CCOCOCC#CC(OCC)OCC. The molecule has 16 heavy (non-hydrogen) atoms. The van der Waals surface area contributed by atoms with Crippen molar-refractivity contribution in [1.82, 2.24) is 0 Å². The molecular weight excluding hydrogens is 208 g/mol. The Bertz CT molecular complexity index is 240. The van der Waals surface area contributed by atoms with E-state index >= 15 is 0 Å². The Morgan fingerprint density at radius 2 is 1.69 bits per heavy atom. The zero-order valence-electron chi connectivity index (χ0n) is 9.82. The third-order valence-corrected chi connectivity index (χ3v) is 1.38. The van der Waals surface area contributed by atoms with Gasteiger partial charge < -0.3 is 18.9 Å². The van der Waals surface area contributed by atoms with Crippen molar-refractivity contribution in [2.45, 2.75) is 20.1 Å². The quantitative estimate of drug-likeness (QED) is 0.352. The van der Waals surface area contributed by atoms with Crippen LogP contribution < -0.4 is 0 Å². The van der Waals surface area contributed by atoms with Gasteiger partial charge in [-0.25, -0.2) is 0 Å². The zero-order chi connectivity index (χ0) is 12.1. The van der Waals surface area contributed by atoms with Crippen molar-refractivity contribution >= 4 is 0 Å². The van der Waals surface area contributed by atoms with Gasteiger partial charge in [-0.05, 0) is 19.8 Å². The van der Waals surface area contributed by atoms with Crippen LogP contribution in [0.1, 0.15) is 13.8 Å². The number of rotatable bonds is 8. The molecule has 0 aliphatic carbocycles. The van der Waals surface area contributed by atoms with Gasteiger partial charge in [0.1, 0.15) is 20.0 Å². The second-order valence-corrected chi connectivity index (χ2v) is 2.58. The van der Waals surface area contributed by atoms with Gasteiger partial charge in [-0.15, -0.1) is 6.42 Å². The largest absolute Gasteiger partial charge is 0.343 e. The van der Waals surface area contributed by atoms with Crippen LogP contribution in [0.5, 0.6) is 0 Å². The van der Waals surface area contributed by atoms with Crippen LogP contribution in [0.2, 0.25) is 0 Å². The monoisotopic (exact) mass is 226 g/mol. The van der Waals surface area contributed by atoms with Gasteiger partial charge in [0.15, 0.2) is 0 Å². The first-order valence-corrected chi connectivity index (χ1v) is 5.15. The molecule has 0 N–H and O–H groups in total. The first kappa shape index (κ1) is 15.0. The molecule has 0 saturated heterocycles. The van der Waals surface area contributed by atoms with Crippen molar-refractivity contribution in [1.29, 1.82) is 0 Å². The van der Waals surface area contributed by atoms with E-state index < -0.39 is 6.29 Å². The fraction of sp³-hybridized carbons (Fsp3) is 0.667. The standard InChI is InChI=1S/C12H18O4/c1-4-9-13-11-14-10-7-8-12(15-5-2)16-6-3/h1,12H,5-6,9-11H2,2-3H3. The van der Waals surface area contributed by atoms with E-state index in [0.29, 0.717) is 13.2 Å². The summed E-state index contributed by atoms with van der Waals surface area (Å²) in [7, 11) is 0. The molecule has 0 aliphatic heterocycles. The Balaban J connectivity index is 3.58. The van der Waals surface area contributed by atoms with E-state index in [1.54, 1.807) is 0 Å². The van der Waals surface area contributed by atoms with Crippen LogP contribution in [0.15, 0.2) is 0 Å². The highest BCUT2D eigenvalue weighted by Crippen LogP contribution is 1.92. The van der Waals surface area contributed by atoms with E-state index in [1.807, 2.05) is 13.8 Å². The Morgan fingerprint density at radius 3 is 2.25 bits per heavy atom. The molecule has 0 rings (SSSR count). The van der Waals surface area contributed by atoms with Gasteiger partial charge >= 0.3 is 0 Å². The molecule has 0 aromatic rings. The zero-order valence-corrected chi connectivity index (χ0v) is 9.82. The van der Waals surface area contributed by atoms with Crippen molar-refractivity contribution in [2.75, 3.05) is 33.2 Å². The number of ether oxygens (including phenoxy) is 4. The predicted octanol–water partition coefficient (Wildman–Crippen LogP) is 1.01. The lowest BCUT2D eigenvalue weighted by Crippen LogP contribution is -2.15. The minimum atomic E-state index is -0.481. The molecule has 0 radical (unpaired) electrons. The second-order valence-electron chi connectivity index (χ2n) is 2.58. The highest BCUT2D eigenvalue weighted by atomic mass is 16.7. The Labute approximate surface area is 97.2 Å². The molecule has 0 bridgehead atoms. The van der Waals surface area contributed by atoms with Crippen LogP contribution in [0.3, 0.4) is 0 Å². The van der Waals surface area contributed by atoms with Crippen LogP contribution in [-0.2, 0) is 18.9 Å². The summed E-state index contributed by atoms with van der Waals surface area (Å²) in [5.74, 6) is 7.91. The van der Waals surface area contributed by atoms with Crippen LogP contribution in [0.4, 0.5) is 0 Å². The summed E-state index contributed by atoms with van der Waals surface area (Å²) in [6.45, 7) is 5.55. The predicted molar refractivity (Wildman–Crippen MR) is 60.4 cm³/mol. The summed E-state index contributed by atoms with van der Waals surface area (Å²) in [5, 5.41) is 0. The van der Waals surface area contributed by atoms with E-state index in [9.17, 15) is 0 Å². The summed E-state index contributed by atoms with van der Waals surface area (Å²) in [6, 6.07) is 0. The molecular formula is C12H18O4. The van der Waals surface area contributed by atoms with Crippen molar-refractivity contribution in [3.8, 4) is 24.2 Å². The molecule has 0 aromatic heterocycles. The van der Waals surface area contributed by atoms with E-state index in [-0.39, 0.29) is 20.0 Å². The minimum absolute atomic E-state index is 0.146. The minimum Gasteiger partial charge on any atom is -0.343 e. The summed E-state index contributed by atoms with van der Waals surface area (Å²) in [4.78, 5) is 0. The smallest absolute Gasteiger partial charge is 0.222 e. The van der Waals surface area contributed by atoms with Gasteiger partial charge in [0.2, 0.25) is 6.29 Å². The van der Waals surface area contributed by atoms with E-state index in [2.05, 4.69) is 17.8 Å². The molecule has 0 aliphatic rings. The lowest BCUT2D eigenvalue weighted by atomic mass is 10.5. The van der Waals surface area contributed by atoms with Gasteiger partial charge in [0, 0.05) is 13.2 Å². The molecule has 4 heteroatoms. The highest BCUT2D eigenvalue weighted by Gasteiger charge is 2.00. The van der Waals surface area contributed by atoms with Crippen LogP contribution in [0.25, 0.3) is 0 Å². The molecule has 0 heterocycles. The normalized spacial score (nSPS) is 9.62. The molecule has 0 amide bonds. The molecule has 0 unspecified atom stereocenters. The van der Waals surface area contributed by atoms with Crippen LogP contribution in [0, 0.1) is 24.2 Å². The summed E-state index contributed by atoms with van der Waals surface area (Å²) in [6.07, 6.45) is 4.50.